The van der Waals surface area contributed by atoms with Crippen molar-refractivity contribution in [1.29, 1.82) is 0 Å². The van der Waals surface area contributed by atoms with Gasteiger partial charge >= 0.3 is 0 Å². The molecule has 0 heteroatoms. The van der Waals surface area contributed by atoms with Gasteiger partial charge in [-0.1, -0.05) is 85.8 Å². The van der Waals surface area contributed by atoms with Crippen molar-refractivity contribution in [2.24, 2.45) is 0 Å². The van der Waals surface area contributed by atoms with E-state index in [-0.39, 0.29) is 0 Å². The van der Waals surface area contributed by atoms with Gasteiger partial charge in [-0.3, -0.25) is 0 Å². The van der Waals surface area contributed by atoms with Crippen LogP contribution in [0.4, 0.5) is 0 Å². The topological polar surface area (TPSA) is 0 Å². The van der Waals surface area contributed by atoms with E-state index < -0.39 is 0 Å². The fourth-order valence-corrected chi connectivity index (χ4v) is 2.84. The number of hydrogen-bond acceptors (Lipinski definition) is 0. The molecule has 0 aliphatic carbocycles. The monoisotopic (exact) mass is 286 g/mol. The Kier molecular flexibility index (Phi) is 4.70. The molecule has 0 fully saturated rings. The number of rotatable bonds is 5. The van der Waals surface area contributed by atoms with E-state index in [0.717, 1.165) is 19.3 Å². The van der Waals surface area contributed by atoms with Crippen molar-refractivity contribution in [2.45, 2.75) is 26.2 Å². The van der Waals surface area contributed by atoms with E-state index in [1.165, 1.54) is 27.8 Å². The fraction of sp³-hybridized carbons (Fsp3) is 0.182. The molecule has 3 aromatic carbocycles. The molecule has 0 spiro atoms. The molecule has 0 atom stereocenters. The zero-order valence-corrected chi connectivity index (χ0v) is 13.1. The Bertz CT molecular complexity index is 712. The van der Waals surface area contributed by atoms with Crippen LogP contribution in [0.3, 0.4) is 0 Å². The lowest BCUT2D eigenvalue weighted by Crippen LogP contribution is -1.94. The minimum absolute atomic E-state index is 1.08. The van der Waals surface area contributed by atoms with E-state index in [2.05, 4.69) is 85.8 Å². The summed E-state index contributed by atoms with van der Waals surface area (Å²) in [5, 5.41) is 0. The summed E-state index contributed by atoms with van der Waals surface area (Å²) >= 11 is 0. The molecule has 3 aromatic rings. The van der Waals surface area contributed by atoms with E-state index in [9.17, 15) is 0 Å². The van der Waals surface area contributed by atoms with Gasteiger partial charge in [0.2, 0.25) is 0 Å². The van der Waals surface area contributed by atoms with E-state index in [1.54, 1.807) is 0 Å². The summed E-state index contributed by atoms with van der Waals surface area (Å²) in [7, 11) is 0. The number of hydrogen-bond donors (Lipinski definition) is 0. The van der Waals surface area contributed by atoms with Crippen LogP contribution in [-0.4, -0.2) is 0 Å². The average molecular weight is 286 g/mol. The van der Waals surface area contributed by atoms with Crippen LogP contribution in [0.5, 0.6) is 0 Å². The lowest BCUT2D eigenvalue weighted by molar-refractivity contribution is 0.954. The maximum absolute atomic E-state index is 2.36. The summed E-state index contributed by atoms with van der Waals surface area (Å²) in [5.41, 5.74) is 6.90. The molecule has 0 unspecified atom stereocenters. The molecule has 0 aliphatic rings. The van der Waals surface area contributed by atoms with E-state index in [0.29, 0.717) is 0 Å². The summed E-state index contributed by atoms with van der Waals surface area (Å²) in [6, 6.07) is 28.4. The van der Waals surface area contributed by atoms with Gasteiger partial charge in [-0.2, -0.15) is 0 Å². The Balaban J connectivity index is 1.85. The van der Waals surface area contributed by atoms with Gasteiger partial charge in [-0.05, 0) is 47.1 Å². The van der Waals surface area contributed by atoms with Crippen LogP contribution in [0, 0.1) is 0 Å². The van der Waals surface area contributed by atoms with Crippen molar-refractivity contribution in [3.63, 3.8) is 0 Å². The Morgan fingerprint density at radius 2 is 1.14 bits per heavy atom. The Morgan fingerprint density at radius 3 is 1.82 bits per heavy atom. The second-order valence-corrected chi connectivity index (χ2v) is 5.74. The van der Waals surface area contributed by atoms with Crippen molar-refractivity contribution in [1.82, 2.24) is 0 Å². The van der Waals surface area contributed by atoms with Gasteiger partial charge in [-0.25, -0.2) is 0 Å². The lowest BCUT2D eigenvalue weighted by atomic mass is 9.96. The highest BCUT2D eigenvalue weighted by Gasteiger charge is 2.03. The van der Waals surface area contributed by atoms with Crippen LogP contribution in [0.1, 0.15) is 23.6 Å². The Morgan fingerprint density at radius 1 is 0.545 bits per heavy atom. The second kappa shape index (κ2) is 7.09. The molecule has 0 saturated carbocycles. The number of benzene rings is 3. The molecule has 110 valence electrons. The molecule has 0 aliphatic heterocycles. The highest BCUT2D eigenvalue weighted by atomic mass is 14.1. The van der Waals surface area contributed by atoms with Crippen molar-refractivity contribution in [2.75, 3.05) is 0 Å². The zero-order valence-electron chi connectivity index (χ0n) is 13.1. The molecule has 0 N–H and O–H groups in total. The highest BCUT2D eigenvalue weighted by Crippen LogP contribution is 2.23. The van der Waals surface area contributed by atoms with Crippen LogP contribution in [0.15, 0.2) is 78.9 Å². The van der Waals surface area contributed by atoms with Crippen LogP contribution in [0.2, 0.25) is 0 Å². The smallest absolute Gasteiger partial charge is 0.0179 e. The first-order valence-electron chi connectivity index (χ1n) is 8.07. The van der Waals surface area contributed by atoms with Crippen molar-refractivity contribution in [3.8, 4) is 11.1 Å². The summed E-state index contributed by atoms with van der Waals surface area (Å²) in [6.45, 7) is 2.23. The maximum Gasteiger partial charge on any atom is -0.0179 e. The summed E-state index contributed by atoms with van der Waals surface area (Å²) in [6.07, 6.45) is 3.28. The first kappa shape index (κ1) is 14.6. The standard InChI is InChI=1S/C22H22/c1-2-18-15-20(14-13-19-9-5-3-6-10-19)17-22(16-18)21-11-7-4-8-12-21/h3-12,15-17H,2,13-14H2,1H3. The van der Waals surface area contributed by atoms with Gasteiger partial charge in [0.15, 0.2) is 0 Å². The fourth-order valence-electron chi connectivity index (χ4n) is 2.84. The molecule has 0 amide bonds. The van der Waals surface area contributed by atoms with Crippen LogP contribution >= 0.6 is 0 Å². The molecule has 22 heavy (non-hydrogen) atoms. The van der Waals surface area contributed by atoms with Crippen LogP contribution in [-0.2, 0) is 19.3 Å². The molecular formula is C22H22. The summed E-state index contributed by atoms with van der Waals surface area (Å²) in [4.78, 5) is 0. The molecule has 0 aromatic heterocycles. The van der Waals surface area contributed by atoms with E-state index in [1.807, 2.05) is 0 Å². The first-order chi connectivity index (χ1) is 10.8. The minimum atomic E-state index is 1.08. The third-order valence-corrected chi connectivity index (χ3v) is 4.11. The van der Waals surface area contributed by atoms with Gasteiger partial charge in [-0.15, -0.1) is 0 Å². The maximum atomic E-state index is 2.36. The van der Waals surface area contributed by atoms with Gasteiger partial charge < -0.3 is 0 Å². The Hall–Kier alpha value is -2.34. The largest absolute Gasteiger partial charge is 0.0622 e. The first-order valence-corrected chi connectivity index (χ1v) is 8.07. The van der Waals surface area contributed by atoms with Crippen LogP contribution in [0.25, 0.3) is 11.1 Å². The Labute approximate surface area is 133 Å². The van der Waals surface area contributed by atoms with E-state index >= 15 is 0 Å². The second-order valence-electron chi connectivity index (χ2n) is 5.74. The molecule has 0 heterocycles. The summed E-state index contributed by atoms with van der Waals surface area (Å²) < 4.78 is 0. The SMILES string of the molecule is CCc1cc(CCc2ccccc2)cc(-c2ccccc2)c1. The molecule has 0 radical (unpaired) electrons. The van der Waals surface area contributed by atoms with Crippen molar-refractivity contribution < 1.29 is 0 Å². The van der Waals surface area contributed by atoms with Gasteiger partial charge in [0.05, 0.1) is 0 Å². The molecule has 0 nitrogen and oxygen atoms in total. The third kappa shape index (κ3) is 3.65. The van der Waals surface area contributed by atoms with Crippen LogP contribution < -0.4 is 0 Å². The predicted molar refractivity (Wildman–Crippen MR) is 95.1 cm³/mol. The quantitative estimate of drug-likeness (QED) is 0.564. The van der Waals surface area contributed by atoms with Gasteiger partial charge in [0, 0.05) is 0 Å². The molecule has 0 saturated heterocycles. The van der Waals surface area contributed by atoms with Gasteiger partial charge in [0.1, 0.15) is 0 Å². The lowest BCUT2D eigenvalue weighted by Gasteiger charge is -2.09. The van der Waals surface area contributed by atoms with Crippen molar-refractivity contribution in [3.05, 3.63) is 95.6 Å². The molecular weight excluding hydrogens is 264 g/mol. The predicted octanol–water partition coefficient (Wildman–Crippen LogP) is 5.70. The molecule has 3 rings (SSSR count). The highest BCUT2D eigenvalue weighted by molar-refractivity contribution is 5.65. The average Bonchev–Trinajstić information content (AvgIpc) is 2.61. The zero-order chi connectivity index (χ0) is 15.2. The van der Waals surface area contributed by atoms with Gasteiger partial charge in [0.25, 0.3) is 0 Å². The summed E-state index contributed by atoms with van der Waals surface area (Å²) in [5.74, 6) is 0. The minimum Gasteiger partial charge on any atom is -0.0622 e. The number of aryl methyl sites for hydroxylation is 3. The molecule has 0 bridgehead atoms. The van der Waals surface area contributed by atoms with Crippen molar-refractivity contribution >= 4 is 0 Å². The normalized spacial score (nSPS) is 10.6. The third-order valence-electron chi connectivity index (χ3n) is 4.11. The van der Waals surface area contributed by atoms with E-state index in [4.69, 9.17) is 0 Å².